The van der Waals surface area contributed by atoms with Crippen LogP contribution in [-0.2, 0) is 13.1 Å². The highest BCUT2D eigenvalue weighted by Gasteiger charge is 2.04. The van der Waals surface area contributed by atoms with Crippen molar-refractivity contribution in [2.45, 2.75) is 32.9 Å². The number of nitrogens with one attached hydrogen (secondary N) is 1. The summed E-state index contributed by atoms with van der Waals surface area (Å²) in [5.41, 5.74) is 1.20. The molecule has 0 amide bonds. The van der Waals surface area contributed by atoms with Crippen LogP contribution in [0.2, 0.25) is 0 Å². The third kappa shape index (κ3) is 4.73. The van der Waals surface area contributed by atoms with Gasteiger partial charge in [0.05, 0.1) is 5.69 Å². The van der Waals surface area contributed by atoms with Crippen LogP contribution < -0.4 is 5.32 Å². The van der Waals surface area contributed by atoms with Crippen LogP contribution >= 0.6 is 11.3 Å². The maximum atomic E-state index is 4.56. The second-order valence-corrected chi connectivity index (χ2v) is 4.80. The first kappa shape index (κ1) is 12.6. The van der Waals surface area contributed by atoms with Crippen LogP contribution in [0, 0.1) is 0 Å². The van der Waals surface area contributed by atoms with Crippen molar-refractivity contribution in [2.24, 2.45) is 0 Å². The molecule has 0 bridgehead atoms. The van der Waals surface area contributed by atoms with E-state index in [2.05, 4.69) is 34.6 Å². The summed E-state index contributed by atoms with van der Waals surface area (Å²) in [7, 11) is 4.11. The van der Waals surface area contributed by atoms with E-state index in [0.717, 1.165) is 19.6 Å². The topological polar surface area (TPSA) is 28.2 Å². The summed E-state index contributed by atoms with van der Waals surface area (Å²) in [6, 6.07) is 0. The molecule has 3 nitrogen and oxygen atoms in total. The van der Waals surface area contributed by atoms with Gasteiger partial charge >= 0.3 is 0 Å². The van der Waals surface area contributed by atoms with Gasteiger partial charge < -0.3 is 10.2 Å². The van der Waals surface area contributed by atoms with Gasteiger partial charge in [-0.2, -0.15) is 0 Å². The molecule has 0 atom stereocenters. The van der Waals surface area contributed by atoms with Crippen molar-refractivity contribution < 1.29 is 0 Å². The summed E-state index contributed by atoms with van der Waals surface area (Å²) in [4.78, 5) is 6.90. The van der Waals surface area contributed by atoms with Gasteiger partial charge in [-0.3, -0.25) is 0 Å². The lowest BCUT2D eigenvalue weighted by Crippen LogP contribution is -2.19. The van der Waals surface area contributed by atoms with Gasteiger partial charge in [0.1, 0.15) is 5.01 Å². The Morgan fingerprint density at radius 3 is 3.00 bits per heavy atom. The summed E-state index contributed by atoms with van der Waals surface area (Å²) in [6.07, 6.45) is 2.52. The lowest BCUT2D eigenvalue weighted by atomic mass is 10.3. The Morgan fingerprint density at radius 1 is 1.53 bits per heavy atom. The van der Waals surface area contributed by atoms with Crippen molar-refractivity contribution in [2.75, 3.05) is 20.6 Å². The Kier molecular flexibility index (Phi) is 5.83. The molecule has 0 aliphatic rings. The zero-order valence-corrected chi connectivity index (χ0v) is 10.7. The van der Waals surface area contributed by atoms with E-state index in [-0.39, 0.29) is 0 Å². The Morgan fingerprint density at radius 2 is 2.33 bits per heavy atom. The fraction of sp³-hybridized carbons (Fsp3) is 0.727. The van der Waals surface area contributed by atoms with E-state index >= 15 is 0 Å². The molecule has 1 heterocycles. The normalized spacial score (nSPS) is 11.2. The minimum Gasteiger partial charge on any atom is -0.314 e. The van der Waals surface area contributed by atoms with Crippen LogP contribution in [0.5, 0.6) is 0 Å². The highest BCUT2D eigenvalue weighted by Crippen LogP contribution is 2.11. The molecule has 0 aliphatic heterocycles. The summed E-state index contributed by atoms with van der Waals surface area (Å²) < 4.78 is 0. The number of thiazole rings is 1. The average Bonchev–Trinajstić information content (AvgIpc) is 2.63. The first-order valence-electron chi connectivity index (χ1n) is 5.52. The Bertz CT molecular complexity index is 273. The number of rotatable bonds is 7. The highest BCUT2D eigenvalue weighted by atomic mass is 32.1. The first-order chi connectivity index (χ1) is 7.26. The van der Waals surface area contributed by atoms with Crippen LogP contribution in [0.1, 0.15) is 30.5 Å². The molecule has 0 fully saturated rings. The number of hydrogen-bond donors (Lipinski definition) is 1. The van der Waals surface area contributed by atoms with E-state index in [1.165, 1.54) is 23.5 Å². The smallest absolute Gasteiger partial charge is 0.107 e. The molecule has 0 unspecified atom stereocenters. The minimum absolute atomic E-state index is 0.878. The van der Waals surface area contributed by atoms with Crippen LogP contribution in [-0.4, -0.2) is 30.5 Å². The molecule has 0 radical (unpaired) electrons. The number of unbranched alkanes of at least 4 members (excludes halogenated alkanes) is 1. The Balaban J connectivity index is 2.35. The van der Waals surface area contributed by atoms with E-state index in [9.17, 15) is 0 Å². The predicted molar refractivity (Wildman–Crippen MR) is 66.1 cm³/mol. The molecule has 0 saturated heterocycles. The second-order valence-electron chi connectivity index (χ2n) is 3.85. The van der Waals surface area contributed by atoms with Gasteiger partial charge in [-0.05, 0) is 27.1 Å². The molecule has 86 valence electrons. The predicted octanol–water partition coefficient (Wildman–Crippen LogP) is 2.09. The molecular weight excluding hydrogens is 206 g/mol. The fourth-order valence-electron chi connectivity index (χ4n) is 1.44. The minimum atomic E-state index is 0.878. The Labute approximate surface area is 96.5 Å². The van der Waals surface area contributed by atoms with Crippen molar-refractivity contribution in [1.29, 1.82) is 0 Å². The summed E-state index contributed by atoms with van der Waals surface area (Å²) in [5.74, 6) is 0. The van der Waals surface area contributed by atoms with Crippen molar-refractivity contribution >= 4 is 11.3 Å². The number of nitrogens with zero attached hydrogens (tertiary/aromatic N) is 2. The number of aromatic nitrogens is 1. The lowest BCUT2D eigenvalue weighted by molar-refractivity contribution is 0.317. The second kappa shape index (κ2) is 6.93. The zero-order valence-electron chi connectivity index (χ0n) is 9.92. The lowest BCUT2D eigenvalue weighted by Gasteiger charge is -2.13. The summed E-state index contributed by atoms with van der Waals surface area (Å²) in [5, 5.41) is 6.46. The van der Waals surface area contributed by atoms with E-state index in [1.807, 2.05) is 7.05 Å². The third-order valence-electron chi connectivity index (χ3n) is 2.25. The summed E-state index contributed by atoms with van der Waals surface area (Å²) >= 11 is 1.74. The zero-order chi connectivity index (χ0) is 11.1. The molecule has 15 heavy (non-hydrogen) atoms. The van der Waals surface area contributed by atoms with Gasteiger partial charge in [0.15, 0.2) is 0 Å². The van der Waals surface area contributed by atoms with Crippen LogP contribution in [0.4, 0.5) is 0 Å². The van der Waals surface area contributed by atoms with E-state index in [4.69, 9.17) is 0 Å². The van der Waals surface area contributed by atoms with Gasteiger partial charge in [0.2, 0.25) is 0 Å². The van der Waals surface area contributed by atoms with E-state index in [1.54, 1.807) is 11.3 Å². The Hall–Kier alpha value is -0.450. The molecule has 0 saturated carbocycles. The van der Waals surface area contributed by atoms with Crippen LogP contribution in [0.25, 0.3) is 0 Å². The molecular formula is C11H21N3S. The maximum absolute atomic E-state index is 4.56. The standard InChI is InChI=1S/C11H21N3S/c1-4-5-6-14(3)8-10-9-15-11(13-10)7-12-2/h9,12H,4-8H2,1-3H3. The van der Waals surface area contributed by atoms with Gasteiger partial charge in [0.25, 0.3) is 0 Å². The van der Waals surface area contributed by atoms with E-state index in [0.29, 0.717) is 0 Å². The SMILES string of the molecule is CCCCN(C)Cc1csc(CNC)n1. The molecule has 0 spiro atoms. The van der Waals surface area contributed by atoms with Crippen molar-refractivity contribution in [3.63, 3.8) is 0 Å². The highest BCUT2D eigenvalue weighted by molar-refractivity contribution is 7.09. The van der Waals surface area contributed by atoms with Gasteiger partial charge in [-0.1, -0.05) is 13.3 Å². The molecule has 4 heteroatoms. The van der Waals surface area contributed by atoms with Crippen LogP contribution in [0.15, 0.2) is 5.38 Å². The van der Waals surface area contributed by atoms with Crippen LogP contribution in [0.3, 0.4) is 0 Å². The van der Waals surface area contributed by atoms with Gasteiger partial charge in [-0.25, -0.2) is 4.98 Å². The fourth-order valence-corrected chi connectivity index (χ4v) is 2.23. The third-order valence-corrected chi connectivity index (χ3v) is 3.15. The summed E-state index contributed by atoms with van der Waals surface area (Å²) in [6.45, 7) is 5.24. The molecule has 1 N–H and O–H groups in total. The molecule has 1 rings (SSSR count). The number of hydrogen-bond acceptors (Lipinski definition) is 4. The monoisotopic (exact) mass is 227 g/mol. The largest absolute Gasteiger partial charge is 0.314 e. The van der Waals surface area contributed by atoms with Crippen molar-refractivity contribution in [3.05, 3.63) is 16.1 Å². The molecule has 1 aromatic heterocycles. The quantitative estimate of drug-likeness (QED) is 0.773. The average molecular weight is 227 g/mol. The molecule has 1 aromatic rings. The van der Waals surface area contributed by atoms with Crippen molar-refractivity contribution in [3.8, 4) is 0 Å². The maximum Gasteiger partial charge on any atom is 0.107 e. The van der Waals surface area contributed by atoms with Gasteiger partial charge in [-0.15, -0.1) is 11.3 Å². The first-order valence-corrected chi connectivity index (χ1v) is 6.40. The molecule has 0 aliphatic carbocycles. The van der Waals surface area contributed by atoms with Gasteiger partial charge in [0, 0.05) is 18.5 Å². The van der Waals surface area contributed by atoms with Crippen molar-refractivity contribution in [1.82, 2.24) is 15.2 Å². The van der Waals surface area contributed by atoms with E-state index < -0.39 is 0 Å². The molecule has 0 aromatic carbocycles.